The van der Waals surface area contributed by atoms with Crippen molar-refractivity contribution in [3.05, 3.63) is 72.4 Å². The largest absolute Gasteiger partial charge is 0.478 e. The Hall–Kier alpha value is -3.41. The zero-order valence-electron chi connectivity index (χ0n) is 15.4. The third kappa shape index (κ3) is 3.74. The number of nitrogens with zero attached hydrogens (tertiary/aromatic N) is 4. The third-order valence-corrected chi connectivity index (χ3v) is 4.28. The Balaban J connectivity index is 1.53. The first kappa shape index (κ1) is 17.0. The number of imidazole rings is 1. The maximum Gasteiger partial charge on any atom is 0.213 e. The molecule has 1 N–H and O–H groups in total. The van der Waals surface area contributed by atoms with E-state index in [-0.39, 0.29) is 0 Å². The summed E-state index contributed by atoms with van der Waals surface area (Å²) < 4.78 is 7.42. The number of benzene rings is 1. The molecule has 3 aromatic heterocycles. The minimum absolute atomic E-state index is 0.605. The van der Waals surface area contributed by atoms with E-state index in [4.69, 9.17) is 4.74 Å². The van der Waals surface area contributed by atoms with E-state index in [2.05, 4.69) is 38.5 Å². The summed E-state index contributed by atoms with van der Waals surface area (Å²) in [6.45, 7) is 5.26. The lowest BCUT2D eigenvalue weighted by atomic mass is 10.2. The van der Waals surface area contributed by atoms with E-state index in [1.807, 2.05) is 55.2 Å². The predicted octanol–water partition coefficient (Wildman–Crippen LogP) is 4.13. The molecule has 0 bridgehead atoms. The van der Waals surface area contributed by atoms with Gasteiger partial charge in [0.05, 0.1) is 41.8 Å². The lowest BCUT2D eigenvalue weighted by Crippen LogP contribution is -2.01. The van der Waals surface area contributed by atoms with Crippen molar-refractivity contribution in [1.82, 2.24) is 19.5 Å². The van der Waals surface area contributed by atoms with E-state index < -0.39 is 0 Å². The van der Waals surface area contributed by atoms with Crippen molar-refractivity contribution in [1.29, 1.82) is 0 Å². The summed E-state index contributed by atoms with van der Waals surface area (Å²) >= 11 is 0. The second-order valence-electron chi connectivity index (χ2n) is 6.29. The molecule has 136 valence electrons. The van der Waals surface area contributed by atoms with Crippen molar-refractivity contribution in [3.63, 3.8) is 0 Å². The molecule has 0 radical (unpaired) electrons. The van der Waals surface area contributed by atoms with Crippen LogP contribution in [-0.2, 0) is 6.54 Å². The van der Waals surface area contributed by atoms with Crippen LogP contribution in [0.5, 0.6) is 5.88 Å². The van der Waals surface area contributed by atoms with E-state index in [0.29, 0.717) is 19.0 Å². The van der Waals surface area contributed by atoms with Crippen molar-refractivity contribution in [3.8, 4) is 11.6 Å². The van der Waals surface area contributed by atoms with Crippen LogP contribution in [0, 0.1) is 6.92 Å². The number of hydrogen-bond donors (Lipinski definition) is 1. The van der Waals surface area contributed by atoms with Crippen LogP contribution in [0.2, 0.25) is 0 Å². The highest BCUT2D eigenvalue weighted by Gasteiger charge is 2.07. The average Bonchev–Trinajstić information content (AvgIpc) is 3.12. The van der Waals surface area contributed by atoms with Gasteiger partial charge in [-0.3, -0.25) is 9.55 Å². The topological polar surface area (TPSA) is 64.9 Å². The molecule has 0 atom stereocenters. The number of ether oxygens (including phenoxy) is 1. The first-order chi connectivity index (χ1) is 13.2. The number of aryl methyl sites for hydroxylation is 1. The third-order valence-electron chi connectivity index (χ3n) is 4.28. The van der Waals surface area contributed by atoms with Gasteiger partial charge < -0.3 is 10.1 Å². The fourth-order valence-corrected chi connectivity index (χ4v) is 2.87. The van der Waals surface area contributed by atoms with Crippen LogP contribution < -0.4 is 10.1 Å². The molecule has 0 saturated carbocycles. The molecule has 0 aliphatic rings. The lowest BCUT2D eigenvalue weighted by molar-refractivity contribution is 0.327. The number of aromatic nitrogens is 4. The summed E-state index contributed by atoms with van der Waals surface area (Å²) in [5.41, 5.74) is 6.08. The maximum absolute atomic E-state index is 5.40. The molecule has 0 aliphatic heterocycles. The summed E-state index contributed by atoms with van der Waals surface area (Å²) in [7, 11) is 0. The summed E-state index contributed by atoms with van der Waals surface area (Å²) in [5, 5.41) is 3.40. The molecule has 3 heterocycles. The fraction of sp³-hybridized carbons (Fsp3) is 0.190. The molecule has 1 aromatic carbocycles. The van der Waals surface area contributed by atoms with Crippen molar-refractivity contribution >= 4 is 16.7 Å². The standard InChI is InChI=1S/C21H21N5O/c1-3-27-21-9-7-18(13-24-21)26-14-25-19-10-16(6-8-20(19)26)23-12-17-5-4-15(2)11-22-17/h4-11,13-14,23H,3,12H2,1-2H3. The zero-order valence-corrected chi connectivity index (χ0v) is 15.4. The van der Waals surface area contributed by atoms with Gasteiger partial charge in [-0.05, 0) is 49.7 Å². The van der Waals surface area contributed by atoms with Crippen LogP contribution in [0.3, 0.4) is 0 Å². The highest BCUT2D eigenvalue weighted by atomic mass is 16.5. The van der Waals surface area contributed by atoms with Crippen molar-refractivity contribution in [2.75, 3.05) is 11.9 Å². The van der Waals surface area contributed by atoms with Gasteiger partial charge in [0.1, 0.15) is 6.33 Å². The fourth-order valence-electron chi connectivity index (χ4n) is 2.87. The van der Waals surface area contributed by atoms with Crippen LogP contribution in [0.15, 0.2) is 61.2 Å². The van der Waals surface area contributed by atoms with Gasteiger partial charge in [0, 0.05) is 18.0 Å². The van der Waals surface area contributed by atoms with Crippen LogP contribution in [0.25, 0.3) is 16.7 Å². The highest BCUT2D eigenvalue weighted by molar-refractivity contribution is 5.81. The molecule has 0 unspecified atom stereocenters. The first-order valence-electron chi connectivity index (χ1n) is 8.94. The molecular weight excluding hydrogens is 338 g/mol. The van der Waals surface area contributed by atoms with Gasteiger partial charge in [-0.25, -0.2) is 9.97 Å². The quantitative estimate of drug-likeness (QED) is 0.561. The Kier molecular flexibility index (Phi) is 4.70. The molecule has 27 heavy (non-hydrogen) atoms. The molecule has 0 amide bonds. The van der Waals surface area contributed by atoms with Crippen LogP contribution in [0.4, 0.5) is 5.69 Å². The molecule has 0 saturated heterocycles. The Bertz CT molecular complexity index is 1040. The van der Waals surface area contributed by atoms with Gasteiger partial charge in [0.15, 0.2) is 0 Å². The van der Waals surface area contributed by atoms with Gasteiger partial charge in [-0.1, -0.05) is 6.07 Å². The van der Waals surface area contributed by atoms with E-state index >= 15 is 0 Å². The van der Waals surface area contributed by atoms with Crippen LogP contribution >= 0.6 is 0 Å². The molecule has 0 spiro atoms. The maximum atomic E-state index is 5.40. The molecule has 0 fully saturated rings. The van der Waals surface area contributed by atoms with E-state index in [9.17, 15) is 0 Å². The number of hydrogen-bond acceptors (Lipinski definition) is 5. The Morgan fingerprint density at radius 1 is 1.00 bits per heavy atom. The van der Waals surface area contributed by atoms with Crippen LogP contribution in [-0.4, -0.2) is 26.1 Å². The molecular formula is C21H21N5O. The van der Waals surface area contributed by atoms with Gasteiger partial charge in [-0.2, -0.15) is 0 Å². The molecule has 0 aliphatic carbocycles. The SMILES string of the molecule is CCOc1ccc(-n2cnc3cc(NCc4ccc(C)cn4)ccc32)cn1. The molecule has 6 nitrogen and oxygen atoms in total. The van der Waals surface area contributed by atoms with Gasteiger partial charge in [0.2, 0.25) is 5.88 Å². The van der Waals surface area contributed by atoms with Gasteiger partial charge in [0.25, 0.3) is 0 Å². The van der Waals surface area contributed by atoms with Crippen molar-refractivity contribution in [2.45, 2.75) is 20.4 Å². The smallest absolute Gasteiger partial charge is 0.213 e. The molecule has 4 rings (SSSR count). The molecule has 6 heteroatoms. The minimum atomic E-state index is 0.605. The summed E-state index contributed by atoms with van der Waals surface area (Å²) in [4.78, 5) is 13.3. The summed E-state index contributed by atoms with van der Waals surface area (Å²) in [6, 6.07) is 14.1. The summed E-state index contributed by atoms with van der Waals surface area (Å²) in [6.07, 6.45) is 5.49. The normalized spacial score (nSPS) is 10.9. The lowest BCUT2D eigenvalue weighted by Gasteiger charge is -2.08. The van der Waals surface area contributed by atoms with E-state index in [1.54, 1.807) is 6.20 Å². The Morgan fingerprint density at radius 2 is 1.93 bits per heavy atom. The number of nitrogens with one attached hydrogen (secondary N) is 1. The predicted molar refractivity (Wildman–Crippen MR) is 106 cm³/mol. The Labute approximate surface area is 157 Å². The first-order valence-corrected chi connectivity index (χ1v) is 8.94. The minimum Gasteiger partial charge on any atom is -0.478 e. The van der Waals surface area contributed by atoms with E-state index in [0.717, 1.165) is 33.7 Å². The van der Waals surface area contributed by atoms with E-state index in [1.165, 1.54) is 0 Å². The Morgan fingerprint density at radius 3 is 2.67 bits per heavy atom. The van der Waals surface area contributed by atoms with Gasteiger partial charge in [-0.15, -0.1) is 0 Å². The molecule has 4 aromatic rings. The highest BCUT2D eigenvalue weighted by Crippen LogP contribution is 2.22. The number of fused-ring (bicyclic) bond motifs is 1. The van der Waals surface area contributed by atoms with Crippen molar-refractivity contribution < 1.29 is 4.74 Å². The van der Waals surface area contributed by atoms with Gasteiger partial charge >= 0.3 is 0 Å². The number of anilines is 1. The summed E-state index contributed by atoms with van der Waals surface area (Å²) in [5.74, 6) is 0.627. The zero-order chi connectivity index (χ0) is 18.6. The number of rotatable bonds is 6. The van der Waals surface area contributed by atoms with Crippen LogP contribution in [0.1, 0.15) is 18.2 Å². The second kappa shape index (κ2) is 7.45. The number of pyridine rings is 2. The van der Waals surface area contributed by atoms with Crippen molar-refractivity contribution in [2.24, 2.45) is 0 Å². The second-order valence-corrected chi connectivity index (χ2v) is 6.29. The average molecular weight is 359 g/mol. The monoisotopic (exact) mass is 359 g/mol.